The molecule has 7 nitrogen and oxygen atoms in total. The normalized spacial score (nSPS) is 19.1. The maximum Gasteiger partial charge on any atom is 0.389 e. The number of nitrogens with one attached hydrogen (secondary N) is 2. The number of carbonyl (C=O) groups excluding carboxylic acids is 3. The van der Waals surface area contributed by atoms with Crippen LogP contribution in [0, 0.1) is 17.8 Å². The van der Waals surface area contributed by atoms with Gasteiger partial charge in [0.15, 0.2) is 0 Å². The minimum Gasteiger partial charge on any atom is -0.369 e. The zero-order valence-electron chi connectivity index (χ0n) is 19.7. The van der Waals surface area contributed by atoms with Gasteiger partial charge in [-0.2, -0.15) is 13.2 Å². The van der Waals surface area contributed by atoms with Crippen molar-refractivity contribution < 1.29 is 27.6 Å². The van der Waals surface area contributed by atoms with Crippen LogP contribution in [0.3, 0.4) is 0 Å². The third-order valence-corrected chi connectivity index (χ3v) is 6.88. The van der Waals surface area contributed by atoms with Crippen LogP contribution in [0.1, 0.15) is 43.2 Å². The zero-order chi connectivity index (χ0) is 26.7. The quantitative estimate of drug-likeness (QED) is 0.442. The molecule has 1 aliphatic heterocycles. The van der Waals surface area contributed by atoms with Crippen LogP contribution in [0.4, 0.5) is 18.9 Å². The summed E-state index contributed by atoms with van der Waals surface area (Å²) in [5, 5.41) is 5.52. The van der Waals surface area contributed by atoms with E-state index in [1.807, 2.05) is 6.07 Å². The van der Waals surface area contributed by atoms with Gasteiger partial charge < -0.3 is 16.4 Å². The van der Waals surface area contributed by atoms with E-state index in [-0.39, 0.29) is 17.4 Å². The number of rotatable bonds is 9. The summed E-state index contributed by atoms with van der Waals surface area (Å²) in [6, 6.07) is 14.0. The molecule has 4 rings (SSSR count). The van der Waals surface area contributed by atoms with Crippen LogP contribution in [0.15, 0.2) is 53.5 Å². The van der Waals surface area contributed by atoms with E-state index in [9.17, 15) is 27.6 Å². The van der Waals surface area contributed by atoms with E-state index >= 15 is 0 Å². The third kappa shape index (κ3) is 6.68. The van der Waals surface area contributed by atoms with Gasteiger partial charge >= 0.3 is 6.18 Å². The van der Waals surface area contributed by atoms with Crippen LogP contribution in [0.5, 0.6) is 0 Å². The molecule has 4 N–H and O–H groups in total. The van der Waals surface area contributed by atoms with Crippen molar-refractivity contribution in [1.82, 2.24) is 5.32 Å². The number of halogens is 4. The topological polar surface area (TPSA) is 114 Å². The standard InChI is InChI=1S/C26H26ClF3N4O3/c27-19-8-4-7-17-20(15-5-2-1-3-6-15)32-23(25(37)33-21(17)19)34-24(36)18(13-14-9-10-14)16(22(31)35)11-12-26(28,29)30/h1-8,14,16,18,23H,9-13H2,(H2,31,35)(H,33,37)(H,34,36)/t16-,18+,23-/m1/s1. The monoisotopic (exact) mass is 534 g/mol. The molecule has 1 saturated carbocycles. The van der Waals surface area contributed by atoms with E-state index in [1.165, 1.54) is 0 Å². The molecular formula is C26H26ClF3N4O3. The van der Waals surface area contributed by atoms with Crippen molar-refractivity contribution in [2.75, 3.05) is 5.32 Å². The second-order valence-corrected chi connectivity index (χ2v) is 9.76. The maximum atomic E-state index is 13.4. The van der Waals surface area contributed by atoms with Crippen molar-refractivity contribution >= 4 is 40.7 Å². The van der Waals surface area contributed by atoms with Gasteiger partial charge in [0.25, 0.3) is 5.91 Å². The van der Waals surface area contributed by atoms with Gasteiger partial charge in [-0.25, -0.2) is 4.99 Å². The molecule has 0 radical (unpaired) electrons. The first-order valence-electron chi connectivity index (χ1n) is 11.9. The number of hydrogen-bond donors (Lipinski definition) is 3. The lowest BCUT2D eigenvalue weighted by Gasteiger charge is -2.26. The van der Waals surface area contributed by atoms with Gasteiger partial charge in [0.2, 0.25) is 18.0 Å². The SMILES string of the molecule is NC(=O)[C@H](CCC(F)(F)F)[C@H](CC1CC1)C(=O)N[C@H]1N=C(c2ccccc2)c2cccc(Cl)c2NC1=O. The molecule has 0 spiro atoms. The average molecular weight is 535 g/mol. The van der Waals surface area contributed by atoms with E-state index in [0.29, 0.717) is 22.5 Å². The molecule has 0 unspecified atom stereocenters. The molecule has 196 valence electrons. The van der Waals surface area contributed by atoms with Gasteiger partial charge in [0.1, 0.15) is 0 Å². The van der Waals surface area contributed by atoms with E-state index in [4.69, 9.17) is 17.3 Å². The summed E-state index contributed by atoms with van der Waals surface area (Å²) < 4.78 is 38.8. The predicted octanol–water partition coefficient (Wildman–Crippen LogP) is 4.43. The summed E-state index contributed by atoms with van der Waals surface area (Å²) >= 11 is 6.35. The first-order valence-corrected chi connectivity index (χ1v) is 12.3. The van der Waals surface area contributed by atoms with Crippen molar-refractivity contribution in [2.24, 2.45) is 28.5 Å². The zero-order valence-corrected chi connectivity index (χ0v) is 20.5. The Bertz CT molecular complexity index is 1220. The summed E-state index contributed by atoms with van der Waals surface area (Å²) in [5.41, 5.74) is 7.37. The van der Waals surface area contributed by atoms with Crippen molar-refractivity contribution in [3.05, 3.63) is 64.7 Å². The molecule has 37 heavy (non-hydrogen) atoms. The highest BCUT2D eigenvalue weighted by Gasteiger charge is 2.41. The molecular weight excluding hydrogens is 509 g/mol. The van der Waals surface area contributed by atoms with Crippen LogP contribution in [0.25, 0.3) is 0 Å². The molecule has 0 aromatic heterocycles. The van der Waals surface area contributed by atoms with Crippen LogP contribution < -0.4 is 16.4 Å². The third-order valence-electron chi connectivity index (χ3n) is 6.56. The van der Waals surface area contributed by atoms with Crippen molar-refractivity contribution in [1.29, 1.82) is 0 Å². The first-order chi connectivity index (χ1) is 17.5. The Morgan fingerprint density at radius 1 is 1.11 bits per heavy atom. The number of nitrogens with two attached hydrogens (primary N) is 1. The number of aliphatic imine (C=N–C) groups is 1. The second kappa shape index (κ2) is 10.9. The van der Waals surface area contributed by atoms with Crippen LogP contribution >= 0.6 is 11.6 Å². The van der Waals surface area contributed by atoms with Crippen molar-refractivity contribution in [3.63, 3.8) is 0 Å². The van der Waals surface area contributed by atoms with Gasteiger partial charge in [-0.05, 0) is 24.8 Å². The highest BCUT2D eigenvalue weighted by atomic mass is 35.5. The number of anilines is 1. The lowest BCUT2D eigenvalue weighted by molar-refractivity contribution is -0.146. The number of benzodiazepines with no additional fused rings is 1. The van der Waals surface area contributed by atoms with Crippen LogP contribution in [-0.4, -0.2) is 35.8 Å². The number of primary amides is 1. The highest BCUT2D eigenvalue weighted by molar-refractivity contribution is 6.36. The Morgan fingerprint density at radius 3 is 2.43 bits per heavy atom. The number of para-hydroxylation sites is 1. The Kier molecular flexibility index (Phi) is 7.87. The van der Waals surface area contributed by atoms with Gasteiger partial charge in [-0.1, -0.05) is 66.9 Å². The number of fused-ring (bicyclic) bond motifs is 1. The smallest absolute Gasteiger partial charge is 0.369 e. The molecule has 0 bridgehead atoms. The Labute approximate surface area is 216 Å². The summed E-state index contributed by atoms with van der Waals surface area (Å²) in [6.45, 7) is 0. The summed E-state index contributed by atoms with van der Waals surface area (Å²) in [7, 11) is 0. The molecule has 0 saturated heterocycles. The van der Waals surface area contributed by atoms with Gasteiger partial charge in [0.05, 0.1) is 16.4 Å². The lowest BCUT2D eigenvalue weighted by Crippen LogP contribution is -2.48. The van der Waals surface area contributed by atoms with Crippen molar-refractivity contribution in [3.8, 4) is 0 Å². The molecule has 2 aromatic rings. The van der Waals surface area contributed by atoms with E-state index in [0.717, 1.165) is 12.8 Å². The fourth-order valence-electron chi connectivity index (χ4n) is 4.49. The number of nitrogens with zero attached hydrogens (tertiary/aromatic N) is 1. The molecule has 1 aliphatic carbocycles. The average Bonchev–Trinajstić information content (AvgIpc) is 3.67. The van der Waals surface area contributed by atoms with Gasteiger partial charge in [-0.15, -0.1) is 0 Å². The number of amides is 3. The summed E-state index contributed by atoms with van der Waals surface area (Å²) in [4.78, 5) is 43.2. The number of carbonyl (C=O) groups is 3. The second-order valence-electron chi connectivity index (χ2n) is 9.35. The maximum absolute atomic E-state index is 13.4. The first kappa shape index (κ1) is 26.7. The predicted molar refractivity (Wildman–Crippen MR) is 133 cm³/mol. The van der Waals surface area contributed by atoms with Crippen molar-refractivity contribution in [2.45, 2.75) is 44.4 Å². The molecule has 3 amide bonds. The molecule has 2 aromatic carbocycles. The molecule has 1 fully saturated rings. The summed E-state index contributed by atoms with van der Waals surface area (Å²) in [6.07, 6.45) is -5.96. The number of benzene rings is 2. The van der Waals surface area contributed by atoms with Crippen LogP contribution in [-0.2, 0) is 14.4 Å². The Hall–Kier alpha value is -3.40. The molecule has 2 aliphatic rings. The fraction of sp³-hybridized carbons (Fsp3) is 0.385. The highest BCUT2D eigenvalue weighted by Crippen LogP contribution is 2.39. The number of hydrogen-bond acceptors (Lipinski definition) is 4. The Morgan fingerprint density at radius 2 is 1.81 bits per heavy atom. The number of alkyl halides is 3. The lowest BCUT2D eigenvalue weighted by atomic mass is 9.83. The minimum absolute atomic E-state index is 0.109. The van der Waals surface area contributed by atoms with E-state index < -0.39 is 54.7 Å². The summed E-state index contributed by atoms with van der Waals surface area (Å²) in [5.74, 6) is -4.75. The molecule has 3 atom stereocenters. The molecule has 1 heterocycles. The van der Waals surface area contributed by atoms with Gasteiger partial charge in [-0.3, -0.25) is 14.4 Å². The minimum atomic E-state index is -4.50. The van der Waals surface area contributed by atoms with Crippen LogP contribution in [0.2, 0.25) is 5.02 Å². The van der Waals surface area contributed by atoms with E-state index in [1.54, 1.807) is 42.5 Å². The van der Waals surface area contributed by atoms with Gasteiger partial charge in [0, 0.05) is 29.4 Å². The largest absolute Gasteiger partial charge is 0.389 e. The molecule has 11 heteroatoms. The van der Waals surface area contributed by atoms with E-state index in [2.05, 4.69) is 15.6 Å². The Balaban J connectivity index is 1.66. The fourth-order valence-corrected chi connectivity index (χ4v) is 4.71.